The summed E-state index contributed by atoms with van der Waals surface area (Å²) in [5.41, 5.74) is 1.10. The molecule has 2 atom stereocenters. The number of aromatic nitrogens is 1. The van der Waals surface area contributed by atoms with Crippen molar-refractivity contribution in [3.05, 3.63) is 53.3 Å². The Labute approximate surface area is 161 Å². The summed E-state index contributed by atoms with van der Waals surface area (Å²) in [6, 6.07) is 10.3. The van der Waals surface area contributed by atoms with Crippen molar-refractivity contribution in [2.45, 2.75) is 44.3 Å². The molecular weight excluding hydrogens is 368 g/mol. The van der Waals surface area contributed by atoms with E-state index in [0.29, 0.717) is 0 Å². The number of hydrogen-bond acceptors (Lipinski definition) is 3. The van der Waals surface area contributed by atoms with Gasteiger partial charge in [0, 0.05) is 32.0 Å². The van der Waals surface area contributed by atoms with Crippen LogP contribution in [0.3, 0.4) is 0 Å². The van der Waals surface area contributed by atoms with Crippen LogP contribution in [0.5, 0.6) is 5.75 Å². The Hall–Kier alpha value is -2.90. The average molecular weight is 391 g/mol. The second-order valence-corrected chi connectivity index (χ2v) is 6.94. The number of H-pyrrole nitrogens is 1. The molecule has 1 heterocycles. The molecular formula is C20H23F2N3O3. The molecule has 3 rings (SSSR count). The number of alkyl halides is 2. The molecule has 8 heteroatoms. The Morgan fingerprint density at radius 2 is 1.96 bits per heavy atom. The van der Waals surface area contributed by atoms with Gasteiger partial charge in [-0.2, -0.15) is 0 Å². The number of amides is 2. The van der Waals surface area contributed by atoms with Crippen LogP contribution in [0, 0.1) is 0 Å². The minimum Gasteiger partial charge on any atom is -0.484 e. The minimum absolute atomic E-state index is 0.0871. The van der Waals surface area contributed by atoms with Gasteiger partial charge in [-0.15, -0.1) is 0 Å². The van der Waals surface area contributed by atoms with Gasteiger partial charge in [0.25, 0.3) is 11.8 Å². The second-order valence-electron chi connectivity index (χ2n) is 6.94. The number of halogens is 2. The number of carbonyl (C=O) groups excluding carboxylic acids is 2. The third-order valence-corrected chi connectivity index (χ3v) is 4.79. The first-order valence-electron chi connectivity index (χ1n) is 9.14. The maximum Gasteiger partial charge on any atom is 0.271 e. The topological polar surface area (TPSA) is 83.2 Å². The maximum atomic E-state index is 13.3. The van der Waals surface area contributed by atoms with Gasteiger partial charge in [0.1, 0.15) is 17.5 Å². The fraction of sp³-hybridized carbons (Fsp3) is 0.400. The number of hydrogen-bond donors (Lipinski definition) is 3. The van der Waals surface area contributed by atoms with Crippen LogP contribution in [0.25, 0.3) is 0 Å². The number of carbonyl (C=O) groups is 2. The summed E-state index contributed by atoms with van der Waals surface area (Å²) in [7, 11) is 1.47. The lowest BCUT2D eigenvalue weighted by Crippen LogP contribution is -2.34. The molecule has 150 valence electrons. The quantitative estimate of drug-likeness (QED) is 0.706. The molecule has 0 bridgehead atoms. The highest BCUT2D eigenvalue weighted by atomic mass is 19.3. The smallest absolute Gasteiger partial charge is 0.271 e. The summed E-state index contributed by atoms with van der Waals surface area (Å²) in [6.07, 6.45) is -0.758. The van der Waals surface area contributed by atoms with Gasteiger partial charge in [0.2, 0.25) is 5.92 Å². The van der Waals surface area contributed by atoms with E-state index in [-0.39, 0.29) is 42.5 Å². The number of rotatable bonds is 6. The molecule has 0 aliphatic heterocycles. The average Bonchev–Trinajstić information content (AvgIpc) is 3.24. The van der Waals surface area contributed by atoms with Crippen molar-refractivity contribution in [3.63, 3.8) is 0 Å². The molecule has 6 nitrogen and oxygen atoms in total. The first-order chi connectivity index (χ1) is 13.3. The van der Waals surface area contributed by atoms with Crippen molar-refractivity contribution >= 4 is 11.8 Å². The molecule has 1 aromatic carbocycles. The van der Waals surface area contributed by atoms with E-state index in [1.807, 2.05) is 37.3 Å². The van der Waals surface area contributed by atoms with Gasteiger partial charge in [-0.25, -0.2) is 8.78 Å². The van der Waals surface area contributed by atoms with E-state index in [2.05, 4.69) is 15.6 Å². The zero-order chi connectivity index (χ0) is 20.3. The van der Waals surface area contributed by atoms with E-state index in [0.717, 1.165) is 5.56 Å². The van der Waals surface area contributed by atoms with Crippen LogP contribution < -0.4 is 15.4 Å². The van der Waals surface area contributed by atoms with Crippen LogP contribution in [-0.2, 0) is 0 Å². The highest BCUT2D eigenvalue weighted by molar-refractivity contribution is 5.99. The molecule has 2 amide bonds. The van der Waals surface area contributed by atoms with Crippen molar-refractivity contribution in [2.24, 2.45) is 0 Å². The van der Waals surface area contributed by atoms with Gasteiger partial charge in [0.05, 0.1) is 0 Å². The second kappa shape index (κ2) is 8.00. The summed E-state index contributed by atoms with van der Waals surface area (Å²) in [4.78, 5) is 27.4. The van der Waals surface area contributed by atoms with Gasteiger partial charge < -0.3 is 20.4 Å². The van der Waals surface area contributed by atoms with E-state index in [9.17, 15) is 18.4 Å². The summed E-state index contributed by atoms with van der Waals surface area (Å²) in [5.74, 6) is -3.52. The Kier molecular flexibility index (Phi) is 5.67. The molecule has 2 aromatic rings. The van der Waals surface area contributed by atoms with E-state index < -0.39 is 23.8 Å². The van der Waals surface area contributed by atoms with Crippen LogP contribution in [-0.4, -0.2) is 35.8 Å². The van der Waals surface area contributed by atoms with Crippen molar-refractivity contribution in [3.8, 4) is 5.75 Å². The SMILES string of the molecule is CNC(=O)c1[nH]c(C(=O)N[C@@H]2CCC(F)(F)C2)cc1O[C@H](C)c1ccccc1. The molecule has 0 radical (unpaired) electrons. The van der Waals surface area contributed by atoms with Crippen molar-refractivity contribution in [1.29, 1.82) is 0 Å². The van der Waals surface area contributed by atoms with Crippen molar-refractivity contribution in [1.82, 2.24) is 15.6 Å². The number of aromatic amines is 1. The highest BCUT2D eigenvalue weighted by Gasteiger charge is 2.40. The third kappa shape index (κ3) is 4.49. The molecule has 1 aliphatic rings. The summed E-state index contributed by atoms with van der Waals surface area (Å²) in [5, 5.41) is 5.09. The van der Waals surface area contributed by atoms with E-state index in [1.54, 1.807) is 0 Å². The monoisotopic (exact) mass is 391 g/mol. The van der Waals surface area contributed by atoms with Crippen LogP contribution in [0.15, 0.2) is 36.4 Å². The first-order valence-corrected chi connectivity index (χ1v) is 9.14. The lowest BCUT2D eigenvalue weighted by molar-refractivity contribution is 0.00709. The van der Waals surface area contributed by atoms with Crippen molar-refractivity contribution < 1.29 is 23.1 Å². The summed E-state index contributed by atoms with van der Waals surface area (Å²) in [6.45, 7) is 1.83. The lowest BCUT2D eigenvalue weighted by Gasteiger charge is -2.15. The molecule has 3 N–H and O–H groups in total. The van der Waals surface area contributed by atoms with Crippen LogP contribution in [0.1, 0.15) is 58.8 Å². The van der Waals surface area contributed by atoms with Gasteiger partial charge in [-0.3, -0.25) is 9.59 Å². The van der Waals surface area contributed by atoms with Crippen LogP contribution in [0.2, 0.25) is 0 Å². The van der Waals surface area contributed by atoms with E-state index in [1.165, 1.54) is 13.1 Å². The zero-order valence-corrected chi connectivity index (χ0v) is 15.7. The number of ether oxygens (including phenoxy) is 1. The molecule has 1 aromatic heterocycles. The lowest BCUT2D eigenvalue weighted by atomic mass is 10.1. The highest BCUT2D eigenvalue weighted by Crippen LogP contribution is 2.35. The van der Waals surface area contributed by atoms with Gasteiger partial charge in [0.15, 0.2) is 5.75 Å². The minimum atomic E-state index is -2.75. The normalized spacial score (nSPS) is 19.1. The fourth-order valence-electron chi connectivity index (χ4n) is 3.26. The van der Waals surface area contributed by atoms with Gasteiger partial charge >= 0.3 is 0 Å². The maximum absolute atomic E-state index is 13.3. The molecule has 0 spiro atoms. The summed E-state index contributed by atoms with van der Waals surface area (Å²) >= 11 is 0. The molecule has 1 saturated carbocycles. The molecule has 28 heavy (non-hydrogen) atoms. The predicted molar refractivity (Wildman–Crippen MR) is 99.7 cm³/mol. The van der Waals surface area contributed by atoms with E-state index in [4.69, 9.17) is 4.74 Å². The van der Waals surface area contributed by atoms with Crippen LogP contribution in [0.4, 0.5) is 8.78 Å². The Bertz CT molecular complexity index is 852. The standard InChI is InChI=1S/C20H23F2N3O3/c1-12(13-6-4-3-5-7-13)28-16-10-15(25-17(16)19(27)23-2)18(26)24-14-8-9-20(21,22)11-14/h3-7,10,12,14,25H,8-9,11H2,1-2H3,(H,23,27)(H,24,26)/t12-,14-/m1/s1. The fourth-order valence-corrected chi connectivity index (χ4v) is 3.26. The Balaban J connectivity index is 1.77. The first kappa shape index (κ1) is 19.9. The van der Waals surface area contributed by atoms with Gasteiger partial charge in [-0.05, 0) is 18.9 Å². The van der Waals surface area contributed by atoms with Crippen molar-refractivity contribution in [2.75, 3.05) is 7.05 Å². The largest absolute Gasteiger partial charge is 0.484 e. The number of nitrogens with one attached hydrogen (secondary N) is 3. The Morgan fingerprint density at radius 3 is 2.57 bits per heavy atom. The molecule has 1 fully saturated rings. The predicted octanol–water partition coefficient (Wildman–Crippen LogP) is 3.43. The number of benzene rings is 1. The molecule has 0 saturated heterocycles. The zero-order valence-electron chi connectivity index (χ0n) is 15.7. The summed E-state index contributed by atoms with van der Waals surface area (Å²) < 4.78 is 32.6. The third-order valence-electron chi connectivity index (χ3n) is 4.79. The molecule has 1 aliphatic carbocycles. The van der Waals surface area contributed by atoms with Crippen LogP contribution >= 0.6 is 0 Å². The Morgan fingerprint density at radius 1 is 1.25 bits per heavy atom. The van der Waals surface area contributed by atoms with Gasteiger partial charge in [-0.1, -0.05) is 30.3 Å². The molecule has 0 unspecified atom stereocenters. The van der Waals surface area contributed by atoms with E-state index >= 15 is 0 Å².